The quantitative estimate of drug-likeness (QED) is 0.325. The number of ether oxygens (including phenoxy) is 1. The van der Waals surface area contributed by atoms with E-state index in [1.807, 2.05) is 91.9 Å². The Hall–Kier alpha value is -4.78. The Morgan fingerprint density at radius 1 is 0.972 bits per heavy atom. The maximum Gasteiger partial charge on any atom is 0.255 e. The first kappa shape index (κ1) is 23.0. The van der Waals surface area contributed by atoms with Gasteiger partial charge in [-0.05, 0) is 61.0 Å². The van der Waals surface area contributed by atoms with E-state index in [9.17, 15) is 4.79 Å². The van der Waals surface area contributed by atoms with Crippen LogP contribution in [0.2, 0.25) is 0 Å². The Labute approximate surface area is 209 Å². The Balaban J connectivity index is 1.36. The third-order valence-electron chi connectivity index (χ3n) is 5.73. The largest absolute Gasteiger partial charge is 0.487 e. The fourth-order valence-electron chi connectivity index (χ4n) is 3.84. The summed E-state index contributed by atoms with van der Waals surface area (Å²) in [6.07, 6.45) is 6.90. The van der Waals surface area contributed by atoms with Gasteiger partial charge in [0.1, 0.15) is 18.1 Å². The molecule has 178 valence electrons. The molecule has 1 atom stereocenters. The fourth-order valence-corrected chi connectivity index (χ4v) is 3.84. The van der Waals surface area contributed by atoms with Crippen LogP contribution in [0.5, 0.6) is 5.75 Å². The molecular formula is C29H25N5O2. The molecule has 5 aromatic rings. The van der Waals surface area contributed by atoms with Crippen LogP contribution in [0.3, 0.4) is 0 Å². The third kappa shape index (κ3) is 5.31. The smallest absolute Gasteiger partial charge is 0.255 e. The molecule has 2 aromatic carbocycles. The summed E-state index contributed by atoms with van der Waals surface area (Å²) in [6, 6.07) is 26.6. The first-order valence-corrected chi connectivity index (χ1v) is 11.7. The SMILES string of the molecule is CC(NC(=O)c1cn(-c2ccccc2)nc1-c1cccnc1)c1cccc(OCc2ccccn2)c1. The number of aromatic nitrogens is 4. The lowest BCUT2D eigenvalue weighted by molar-refractivity contribution is 0.0940. The number of nitrogens with one attached hydrogen (secondary N) is 1. The zero-order chi connectivity index (χ0) is 24.7. The summed E-state index contributed by atoms with van der Waals surface area (Å²) < 4.78 is 7.62. The molecule has 3 heterocycles. The molecule has 1 amide bonds. The van der Waals surface area contributed by atoms with Gasteiger partial charge in [0.2, 0.25) is 0 Å². The normalized spacial score (nSPS) is 11.6. The molecule has 1 N–H and O–H groups in total. The minimum Gasteiger partial charge on any atom is -0.487 e. The van der Waals surface area contributed by atoms with Crippen molar-refractivity contribution in [3.63, 3.8) is 0 Å². The number of carbonyl (C=O) groups excluding carboxylic acids is 1. The van der Waals surface area contributed by atoms with Gasteiger partial charge in [-0.3, -0.25) is 14.8 Å². The molecule has 7 heteroatoms. The molecule has 0 aliphatic rings. The maximum atomic E-state index is 13.4. The van der Waals surface area contributed by atoms with Crippen LogP contribution < -0.4 is 10.1 Å². The van der Waals surface area contributed by atoms with Gasteiger partial charge in [-0.15, -0.1) is 0 Å². The van der Waals surface area contributed by atoms with Crippen LogP contribution in [0.4, 0.5) is 0 Å². The highest BCUT2D eigenvalue weighted by Crippen LogP contribution is 2.25. The standard InChI is InChI=1S/C29H25N5O2/c1-21(22-9-7-14-26(17-22)36-20-24-11-5-6-16-31-24)32-29(35)27-19-34(25-12-3-2-4-13-25)33-28(27)23-10-8-15-30-18-23/h2-19,21H,20H2,1H3,(H,32,35). The van der Waals surface area contributed by atoms with Crippen LogP contribution in [-0.2, 0) is 6.61 Å². The highest BCUT2D eigenvalue weighted by Gasteiger charge is 2.21. The van der Waals surface area contributed by atoms with Crippen molar-refractivity contribution in [2.24, 2.45) is 0 Å². The molecular weight excluding hydrogens is 450 g/mol. The van der Waals surface area contributed by atoms with E-state index < -0.39 is 0 Å². The van der Waals surface area contributed by atoms with E-state index in [0.717, 1.165) is 22.5 Å². The van der Waals surface area contributed by atoms with Crippen molar-refractivity contribution >= 4 is 5.91 Å². The molecule has 0 saturated carbocycles. The molecule has 0 saturated heterocycles. The third-order valence-corrected chi connectivity index (χ3v) is 5.73. The van der Waals surface area contributed by atoms with Crippen LogP contribution in [0.15, 0.2) is 110 Å². The number of nitrogens with zero attached hydrogens (tertiary/aromatic N) is 4. The van der Waals surface area contributed by atoms with Crippen LogP contribution in [-0.4, -0.2) is 25.7 Å². The number of amides is 1. The summed E-state index contributed by atoms with van der Waals surface area (Å²) in [5, 5.41) is 7.82. The lowest BCUT2D eigenvalue weighted by Gasteiger charge is -2.16. The molecule has 1 unspecified atom stereocenters. The van der Waals surface area contributed by atoms with Crippen LogP contribution in [0, 0.1) is 0 Å². The van der Waals surface area contributed by atoms with E-state index in [2.05, 4.69) is 15.3 Å². The predicted octanol–water partition coefficient (Wildman–Crippen LogP) is 5.40. The zero-order valence-corrected chi connectivity index (χ0v) is 19.8. The van der Waals surface area contributed by atoms with E-state index >= 15 is 0 Å². The zero-order valence-electron chi connectivity index (χ0n) is 19.8. The second-order valence-corrected chi connectivity index (χ2v) is 8.29. The van der Waals surface area contributed by atoms with Gasteiger partial charge in [0.15, 0.2) is 0 Å². The minimum absolute atomic E-state index is 0.219. The Bertz CT molecular complexity index is 1440. The number of para-hydroxylation sites is 1. The summed E-state index contributed by atoms with van der Waals surface area (Å²) in [7, 11) is 0. The second kappa shape index (κ2) is 10.7. The molecule has 5 rings (SSSR count). The average molecular weight is 476 g/mol. The Morgan fingerprint density at radius 3 is 2.61 bits per heavy atom. The number of hydrogen-bond donors (Lipinski definition) is 1. The van der Waals surface area contributed by atoms with Crippen molar-refractivity contribution in [2.45, 2.75) is 19.6 Å². The van der Waals surface area contributed by atoms with Gasteiger partial charge in [0.05, 0.1) is 23.0 Å². The van der Waals surface area contributed by atoms with E-state index in [1.54, 1.807) is 29.5 Å². The summed E-state index contributed by atoms with van der Waals surface area (Å²) >= 11 is 0. The summed E-state index contributed by atoms with van der Waals surface area (Å²) in [6.45, 7) is 2.32. The molecule has 0 aliphatic carbocycles. The molecule has 0 radical (unpaired) electrons. The molecule has 0 fully saturated rings. The molecule has 36 heavy (non-hydrogen) atoms. The van der Waals surface area contributed by atoms with Gasteiger partial charge in [-0.1, -0.05) is 36.4 Å². The first-order chi connectivity index (χ1) is 17.7. The van der Waals surface area contributed by atoms with Crippen molar-refractivity contribution in [3.05, 3.63) is 127 Å². The maximum absolute atomic E-state index is 13.4. The van der Waals surface area contributed by atoms with Crippen LogP contribution in [0.1, 0.15) is 34.6 Å². The Morgan fingerprint density at radius 2 is 1.83 bits per heavy atom. The molecule has 7 nitrogen and oxygen atoms in total. The number of benzene rings is 2. The predicted molar refractivity (Wildman–Crippen MR) is 138 cm³/mol. The molecule has 0 bridgehead atoms. The molecule has 0 aliphatic heterocycles. The van der Waals surface area contributed by atoms with Crippen LogP contribution >= 0.6 is 0 Å². The van der Waals surface area contributed by atoms with Gasteiger partial charge in [0, 0.05) is 30.4 Å². The highest BCUT2D eigenvalue weighted by molar-refractivity contribution is 6.00. The van der Waals surface area contributed by atoms with Gasteiger partial charge >= 0.3 is 0 Å². The van der Waals surface area contributed by atoms with Crippen molar-refractivity contribution in [1.82, 2.24) is 25.1 Å². The van der Waals surface area contributed by atoms with Gasteiger partial charge in [-0.25, -0.2) is 4.68 Å². The highest BCUT2D eigenvalue weighted by atomic mass is 16.5. The fraction of sp³-hybridized carbons (Fsp3) is 0.103. The second-order valence-electron chi connectivity index (χ2n) is 8.29. The van der Waals surface area contributed by atoms with E-state index in [-0.39, 0.29) is 11.9 Å². The molecule has 0 spiro atoms. The minimum atomic E-state index is -0.252. The number of carbonyl (C=O) groups is 1. The molecule has 3 aromatic heterocycles. The van der Waals surface area contributed by atoms with E-state index in [1.165, 1.54) is 0 Å². The topological polar surface area (TPSA) is 81.9 Å². The van der Waals surface area contributed by atoms with Crippen molar-refractivity contribution < 1.29 is 9.53 Å². The van der Waals surface area contributed by atoms with Crippen molar-refractivity contribution in [3.8, 4) is 22.7 Å². The lowest BCUT2D eigenvalue weighted by Crippen LogP contribution is -2.26. The first-order valence-electron chi connectivity index (χ1n) is 11.7. The van der Waals surface area contributed by atoms with Gasteiger partial charge in [-0.2, -0.15) is 5.10 Å². The van der Waals surface area contributed by atoms with Crippen molar-refractivity contribution in [1.29, 1.82) is 0 Å². The van der Waals surface area contributed by atoms with Gasteiger partial charge in [0.25, 0.3) is 5.91 Å². The van der Waals surface area contributed by atoms with Crippen LogP contribution in [0.25, 0.3) is 16.9 Å². The van der Waals surface area contributed by atoms with E-state index in [0.29, 0.717) is 23.6 Å². The number of rotatable bonds is 8. The lowest BCUT2D eigenvalue weighted by atomic mass is 10.1. The summed E-state index contributed by atoms with van der Waals surface area (Å²) in [5.74, 6) is 0.496. The average Bonchev–Trinajstić information content (AvgIpc) is 3.40. The van der Waals surface area contributed by atoms with E-state index in [4.69, 9.17) is 9.84 Å². The Kier molecular flexibility index (Phi) is 6.80. The number of pyridine rings is 2. The summed E-state index contributed by atoms with van der Waals surface area (Å²) in [5.41, 5.74) is 4.47. The number of hydrogen-bond acceptors (Lipinski definition) is 5. The van der Waals surface area contributed by atoms with Gasteiger partial charge < -0.3 is 10.1 Å². The summed E-state index contributed by atoms with van der Waals surface area (Å²) in [4.78, 5) is 21.9. The monoisotopic (exact) mass is 475 g/mol. The van der Waals surface area contributed by atoms with Crippen molar-refractivity contribution in [2.75, 3.05) is 0 Å².